The highest BCUT2D eigenvalue weighted by Crippen LogP contribution is 2.15. The van der Waals surface area contributed by atoms with E-state index in [0.717, 1.165) is 17.0 Å². The summed E-state index contributed by atoms with van der Waals surface area (Å²) in [6.07, 6.45) is 2.14. The van der Waals surface area contributed by atoms with Gasteiger partial charge in [0.05, 0.1) is 17.8 Å². The van der Waals surface area contributed by atoms with Gasteiger partial charge in [0.25, 0.3) is 0 Å². The smallest absolute Gasteiger partial charge is 0.228 e. The van der Waals surface area contributed by atoms with E-state index in [1.165, 1.54) is 0 Å². The Morgan fingerprint density at radius 2 is 2.18 bits per heavy atom. The third-order valence-corrected chi connectivity index (χ3v) is 2.76. The normalized spacial score (nSPS) is 10.8. The molecule has 2 heterocycles. The summed E-state index contributed by atoms with van der Waals surface area (Å²) in [6, 6.07) is 3.66. The van der Waals surface area contributed by atoms with Crippen molar-refractivity contribution < 1.29 is 4.79 Å². The van der Waals surface area contributed by atoms with Crippen LogP contribution in [0.3, 0.4) is 0 Å². The van der Waals surface area contributed by atoms with Gasteiger partial charge in [-0.05, 0) is 19.1 Å². The van der Waals surface area contributed by atoms with Gasteiger partial charge in [-0.15, -0.1) is 0 Å². The van der Waals surface area contributed by atoms with Gasteiger partial charge in [-0.1, -0.05) is 0 Å². The predicted octanol–water partition coefficient (Wildman–Crippen LogP) is 0.856. The van der Waals surface area contributed by atoms with Crippen molar-refractivity contribution in [1.82, 2.24) is 14.3 Å². The average molecular weight is 232 g/mol. The van der Waals surface area contributed by atoms with Crippen molar-refractivity contribution in [3.05, 3.63) is 29.7 Å². The Labute approximate surface area is 99.9 Å². The maximum absolute atomic E-state index is 11.7. The number of anilines is 1. The quantitative estimate of drug-likeness (QED) is 0.835. The van der Waals surface area contributed by atoms with Gasteiger partial charge in [0.2, 0.25) is 5.91 Å². The molecule has 0 aliphatic carbocycles. The van der Waals surface area contributed by atoms with Crippen molar-refractivity contribution in [3.63, 3.8) is 0 Å². The summed E-state index contributed by atoms with van der Waals surface area (Å²) in [5, 5.41) is 0. The van der Waals surface area contributed by atoms with E-state index < -0.39 is 0 Å². The first kappa shape index (κ1) is 11.4. The first-order valence-electron chi connectivity index (χ1n) is 5.42. The lowest BCUT2D eigenvalue weighted by molar-refractivity contribution is -0.128. The van der Waals surface area contributed by atoms with E-state index in [1.54, 1.807) is 31.3 Å². The van der Waals surface area contributed by atoms with Crippen molar-refractivity contribution in [1.29, 1.82) is 0 Å². The number of pyridine rings is 1. The molecule has 90 valence electrons. The molecule has 2 aromatic heterocycles. The molecule has 0 atom stereocenters. The van der Waals surface area contributed by atoms with Crippen LogP contribution in [0.25, 0.3) is 5.65 Å². The van der Waals surface area contributed by atoms with E-state index in [-0.39, 0.29) is 5.91 Å². The van der Waals surface area contributed by atoms with Gasteiger partial charge < -0.3 is 15.0 Å². The summed E-state index contributed by atoms with van der Waals surface area (Å²) >= 11 is 0. The third kappa shape index (κ3) is 2.08. The van der Waals surface area contributed by atoms with E-state index >= 15 is 0 Å². The zero-order valence-corrected chi connectivity index (χ0v) is 10.3. The fourth-order valence-corrected chi connectivity index (χ4v) is 1.74. The standard InChI is InChI=1S/C12H16N4O/c1-8-10(6-12(17)15(2)3)16-7-9(13)4-5-11(16)14-8/h4-5,7H,6,13H2,1-3H3. The molecule has 2 aromatic rings. The summed E-state index contributed by atoms with van der Waals surface area (Å²) in [7, 11) is 3.49. The molecule has 1 amide bonds. The number of hydrogen-bond donors (Lipinski definition) is 1. The summed E-state index contributed by atoms with van der Waals surface area (Å²) in [4.78, 5) is 17.7. The van der Waals surface area contributed by atoms with Crippen LogP contribution < -0.4 is 5.73 Å². The molecule has 0 spiro atoms. The van der Waals surface area contributed by atoms with Gasteiger partial charge in [0.1, 0.15) is 5.65 Å². The first-order valence-corrected chi connectivity index (χ1v) is 5.42. The topological polar surface area (TPSA) is 63.6 Å². The monoisotopic (exact) mass is 232 g/mol. The highest BCUT2D eigenvalue weighted by atomic mass is 16.2. The number of aryl methyl sites for hydroxylation is 1. The molecule has 0 aliphatic heterocycles. The van der Waals surface area contributed by atoms with Crippen LogP contribution >= 0.6 is 0 Å². The van der Waals surface area contributed by atoms with Crippen molar-refractivity contribution in [2.75, 3.05) is 19.8 Å². The molecule has 0 saturated heterocycles. The predicted molar refractivity (Wildman–Crippen MR) is 66.7 cm³/mol. The molecule has 2 N–H and O–H groups in total. The number of fused-ring (bicyclic) bond motifs is 1. The molecule has 0 unspecified atom stereocenters. The maximum atomic E-state index is 11.7. The van der Waals surface area contributed by atoms with E-state index in [0.29, 0.717) is 12.1 Å². The molecular weight excluding hydrogens is 216 g/mol. The van der Waals surface area contributed by atoms with E-state index in [4.69, 9.17) is 5.73 Å². The lowest BCUT2D eigenvalue weighted by Crippen LogP contribution is -2.24. The highest BCUT2D eigenvalue weighted by Gasteiger charge is 2.13. The van der Waals surface area contributed by atoms with Gasteiger partial charge in [-0.3, -0.25) is 4.79 Å². The zero-order valence-electron chi connectivity index (χ0n) is 10.3. The lowest BCUT2D eigenvalue weighted by atomic mass is 10.2. The van der Waals surface area contributed by atoms with Crippen molar-refractivity contribution >= 4 is 17.2 Å². The molecule has 0 radical (unpaired) electrons. The van der Waals surface area contributed by atoms with Crippen LogP contribution in [-0.2, 0) is 11.2 Å². The molecule has 2 rings (SSSR count). The summed E-state index contributed by atoms with van der Waals surface area (Å²) in [5.74, 6) is 0.0531. The number of imidazole rings is 1. The zero-order chi connectivity index (χ0) is 12.6. The summed E-state index contributed by atoms with van der Waals surface area (Å²) < 4.78 is 1.88. The largest absolute Gasteiger partial charge is 0.398 e. The second-order valence-corrected chi connectivity index (χ2v) is 4.30. The Morgan fingerprint density at radius 1 is 1.47 bits per heavy atom. The molecule has 5 nitrogen and oxygen atoms in total. The van der Waals surface area contributed by atoms with Crippen LogP contribution in [0.1, 0.15) is 11.4 Å². The highest BCUT2D eigenvalue weighted by molar-refractivity contribution is 5.78. The van der Waals surface area contributed by atoms with Gasteiger partial charge in [0, 0.05) is 26.0 Å². The fraction of sp³-hybridized carbons (Fsp3) is 0.333. The molecule has 5 heteroatoms. The van der Waals surface area contributed by atoms with Crippen molar-refractivity contribution in [2.24, 2.45) is 0 Å². The number of carbonyl (C=O) groups is 1. The number of amides is 1. The second-order valence-electron chi connectivity index (χ2n) is 4.30. The Morgan fingerprint density at radius 3 is 2.82 bits per heavy atom. The number of nitrogens with two attached hydrogens (primary N) is 1. The minimum Gasteiger partial charge on any atom is -0.398 e. The molecule has 0 fully saturated rings. The minimum absolute atomic E-state index is 0.0531. The van der Waals surface area contributed by atoms with Crippen LogP contribution in [0.4, 0.5) is 5.69 Å². The number of likely N-dealkylation sites (N-methyl/N-ethyl adjacent to an activating group) is 1. The molecule has 17 heavy (non-hydrogen) atoms. The SMILES string of the molecule is Cc1nc2ccc(N)cn2c1CC(=O)N(C)C. The maximum Gasteiger partial charge on any atom is 0.228 e. The van der Waals surface area contributed by atoms with Crippen LogP contribution in [-0.4, -0.2) is 34.3 Å². The Bertz CT molecular complexity index is 571. The van der Waals surface area contributed by atoms with Crippen molar-refractivity contribution in [2.45, 2.75) is 13.3 Å². The molecule has 0 bridgehead atoms. The number of rotatable bonds is 2. The van der Waals surface area contributed by atoms with Gasteiger partial charge >= 0.3 is 0 Å². The third-order valence-electron chi connectivity index (χ3n) is 2.76. The minimum atomic E-state index is 0.0531. The Kier molecular flexibility index (Phi) is 2.75. The van der Waals surface area contributed by atoms with Crippen LogP contribution in [0.15, 0.2) is 18.3 Å². The van der Waals surface area contributed by atoms with Gasteiger partial charge in [-0.2, -0.15) is 0 Å². The molecular formula is C12H16N4O. The molecule has 0 aromatic carbocycles. The van der Waals surface area contributed by atoms with Crippen molar-refractivity contribution in [3.8, 4) is 0 Å². The molecule has 0 aliphatic rings. The summed E-state index contributed by atoms with van der Waals surface area (Å²) in [5.41, 5.74) is 8.99. The van der Waals surface area contributed by atoms with E-state index in [2.05, 4.69) is 4.98 Å². The number of carbonyl (C=O) groups excluding carboxylic acids is 1. The Balaban J connectivity index is 2.48. The van der Waals surface area contributed by atoms with Gasteiger partial charge in [0.15, 0.2) is 0 Å². The Hall–Kier alpha value is -2.04. The number of aromatic nitrogens is 2. The summed E-state index contributed by atoms with van der Waals surface area (Å²) in [6.45, 7) is 1.90. The van der Waals surface area contributed by atoms with Crippen LogP contribution in [0, 0.1) is 6.92 Å². The van der Waals surface area contributed by atoms with E-state index in [9.17, 15) is 4.79 Å². The second kappa shape index (κ2) is 4.08. The average Bonchev–Trinajstić information content (AvgIpc) is 2.55. The van der Waals surface area contributed by atoms with Crippen LogP contribution in [0.2, 0.25) is 0 Å². The van der Waals surface area contributed by atoms with E-state index in [1.807, 2.05) is 17.4 Å². The number of nitrogens with zero attached hydrogens (tertiary/aromatic N) is 3. The lowest BCUT2D eigenvalue weighted by Gasteiger charge is -2.10. The number of hydrogen-bond acceptors (Lipinski definition) is 3. The number of nitrogen functional groups attached to an aromatic ring is 1. The molecule has 0 saturated carbocycles. The fourth-order valence-electron chi connectivity index (χ4n) is 1.74. The first-order chi connectivity index (χ1) is 7.99. The van der Waals surface area contributed by atoms with Gasteiger partial charge in [-0.25, -0.2) is 4.98 Å². The van der Waals surface area contributed by atoms with Crippen LogP contribution in [0.5, 0.6) is 0 Å².